The number of nitrogens with two attached hydrogens (primary N) is 2. The van der Waals surface area contributed by atoms with Crippen LogP contribution in [0.5, 0.6) is 11.8 Å². The number of anilines is 4. The summed E-state index contributed by atoms with van der Waals surface area (Å²) < 4.78 is 23.0. The van der Waals surface area contributed by atoms with Gasteiger partial charge in [-0.2, -0.15) is 10.2 Å². The van der Waals surface area contributed by atoms with E-state index in [1.807, 2.05) is 84.5 Å². The van der Waals surface area contributed by atoms with E-state index in [1.165, 1.54) is 22.7 Å². The van der Waals surface area contributed by atoms with E-state index in [2.05, 4.69) is 23.8 Å². The van der Waals surface area contributed by atoms with Gasteiger partial charge in [0.15, 0.2) is 0 Å². The number of aromatic nitrogens is 4. The normalized spacial score (nSPS) is 11.7. The molecule has 0 fully saturated rings. The number of pyridine rings is 2. The Bertz CT molecular complexity index is 2140. The van der Waals surface area contributed by atoms with Crippen molar-refractivity contribution in [3.63, 3.8) is 0 Å². The molecule has 4 heterocycles. The Balaban J connectivity index is 1.24. The Labute approximate surface area is 347 Å². The van der Waals surface area contributed by atoms with E-state index in [0.29, 0.717) is 86.1 Å². The molecule has 0 aliphatic heterocycles. The third-order valence-electron chi connectivity index (χ3n) is 8.82. The number of hydrogen-bond donors (Lipinski definition) is 2. The fraction of sp³-hybridized carbons (Fsp3) is 0.381. The topological polar surface area (TPSA) is 172 Å². The van der Waals surface area contributed by atoms with Gasteiger partial charge in [-0.25, -0.2) is 30.0 Å². The van der Waals surface area contributed by atoms with Crippen LogP contribution in [0, 0.1) is 0 Å². The lowest BCUT2D eigenvalue weighted by molar-refractivity contribution is 0.137. The fourth-order valence-corrected chi connectivity index (χ4v) is 7.48. The van der Waals surface area contributed by atoms with Crippen molar-refractivity contribution >= 4 is 77.4 Å². The summed E-state index contributed by atoms with van der Waals surface area (Å²) >= 11 is 2.90. The van der Waals surface area contributed by atoms with Crippen molar-refractivity contribution in [2.24, 2.45) is 10.2 Å². The highest BCUT2D eigenvalue weighted by molar-refractivity contribution is 7.22. The van der Waals surface area contributed by atoms with E-state index in [0.717, 1.165) is 68.6 Å². The summed E-state index contributed by atoms with van der Waals surface area (Å²) in [6.45, 7) is 12.6. The Morgan fingerprint density at radius 2 is 1.03 bits per heavy atom. The van der Waals surface area contributed by atoms with Crippen LogP contribution in [0.15, 0.2) is 70.9 Å². The summed E-state index contributed by atoms with van der Waals surface area (Å²) in [6, 6.07) is 19.3. The van der Waals surface area contributed by atoms with Crippen LogP contribution in [-0.4, -0.2) is 85.1 Å². The molecule has 58 heavy (non-hydrogen) atoms. The molecule has 0 saturated heterocycles. The maximum atomic E-state index is 6.52. The number of fused-ring (bicyclic) bond motifs is 2. The smallest absolute Gasteiger partial charge is 0.214 e. The fourth-order valence-electron chi connectivity index (χ4n) is 5.66. The summed E-state index contributed by atoms with van der Waals surface area (Å²) in [5.74, 6) is 1.13. The van der Waals surface area contributed by atoms with Gasteiger partial charge >= 0.3 is 0 Å². The number of unbranched alkanes of at least 4 members (excludes halogenated alkanes) is 2. The molecule has 306 valence electrons. The molecule has 14 nitrogen and oxygen atoms in total. The lowest BCUT2D eigenvalue weighted by Gasteiger charge is -2.16. The molecule has 0 radical (unpaired) electrons. The predicted molar refractivity (Wildman–Crippen MR) is 239 cm³/mol. The first-order valence-electron chi connectivity index (χ1n) is 19.8. The molecule has 0 atom stereocenters. The SMILES string of the molecule is CCCCOCCN(/N=C/c1cc(-c2ccc(N)c(/C=N/N(CCOCCCC)c3nc4ccc(OCC)nc4s3)c2)ccc1N)c1nc2ccc(OCC)nc2s1. The second-order valence-corrected chi connectivity index (χ2v) is 15.1. The number of hydrazone groups is 2. The average molecular weight is 825 g/mol. The number of ether oxygens (including phenoxy) is 4. The molecule has 4 aromatic heterocycles. The van der Waals surface area contributed by atoms with Gasteiger partial charge in [-0.3, -0.25) is 0 Å². The van der Waals surface area contributed by atoms with Gasteiger partial charge in [-0.05, 0) is 74.2 Å². The number of rotatable bonds is 23. The third kappa shape index (κ3) is 11.4. The lowest BCUT2D eigenvalue weighted by atomic mass is 10.00. The van der Waals surface area contributed by atoms with E-state index >= 15 is 0 Å². The second kappa shape index (κ2) is 21.4. The van der Waals surface area contributed by atoms with Crippen molar-refractivity contribution in [2.75, 3.05) is 74.2 Å². The Morgan fingerprint density at radius 1 is 0.586 bits per heavy atom. The molecular weight excluding hydrogens is 773 g/mol. The number of benzene rings is 2. The first-order chi connectivity index (χ1) is 28.4. The van der Waals surface area contributed by atoms with Crippen LogP contribution in [0.3, 0.4) is 0 Å². The number of thiazole rings is 2. The third-order valence-corrected chi connectivity index (χ3v) is 10.8. The summed E-state index contributed by atoms with van der Waals surface area (Å²) in [5.41, 5.74) is 19.2. The zero-order chi connectivity index (χ0) is 40.7. The quantitative estimate of drug-likeness (QED) is 0.0273. The van der Waals surface area contributed by atoms with E-state index in [-0.39, 0.29) is 0 Å². The lowest BCUT2D eigenvalue weighted by Crippen LogP contribution is -2.22. The van der Waals surface area contributed by atoms with Crippen molar-refractivity contribution in [3.8, 4) is 22.9 Å². The molecule has 6 rings (SSSR count). The van der Waals surface area contributed by atoms with Crippen molar-refractivity contribution in [3.05, 3.63) is 71.8 Å². The average Bonchev–Trinajstić information content (AvgIpc) is 3.85. The molecule has 0 aliphatic rings. The van der Waals surface area contributed by atoms with Crippen molar-refractivity contribution in [2.45, 2.75) is 53.4 Å². The van der Waals surface area contributed by atoms with Crippen LogP contribution >= 0.6 is 22.7 Å². The van der Waals surface area contributed by atoms with Gasteiger partial charge in [-0.15, -0.1) is 0 Å². The molecule has 0 spiro atoms. The standard InChI is InChI=1S/C42H52N10O4S2/c1-5-9-21-53-23-19-51(41-47-35-15-17-37(55-7-3)49-39(35)57-41)45-27-31-25-29(11-13-33(31)43)30-12-14-34(44)32(26-30)28-46-52(20-24-54-22-10-6-2)42-48-36-16-18-38(56-8-4)50-40(36)58-42/h11-18,25-28H,5-10,19-24,43-44H2,1-4H3/b45-27+,46-28+. The van der Waals surface area contributed by atoms with Crippen LogP contribution < -0.4 is 31.0 Å². The van der Waals surface area contributed by atoms with Gasteiger partial charge in [0.25, 0.3) is 0 Å². The molecule has 4 N–H and O–H groups in total. The van der Waals surface area contributed by atoms with E-state index in [9.17, 15) is 0 Å². The minimum absolute atomic E-state index is 0.490. The molecule has 2 aromatic carbocycles. The first kappa shape index (κ1) is 42.2. The maximum absolute atomic E-state index is 6.52. The van der Waals surface area contributed by atoms with Gasteiger partial charge < -0.3 is 30.4 Å². The molecule has 16 heteroatoms. The molecular formula is C42H52N10O4S2. The van der Waals surface area contributed by atoms with Crippen molar-refractivity contribution in [1.29, 1.82) is 0 Å². The predicted octanol–water partition coefficient (Wildman–Crippen LogP) is 8.64. The molecule has 0 bridgehead atoms. The zero-order valence-corrected chi connectivity index (χ0v) is 35.2. The molecule has 0 unspecified atom stereocenters. The minimum Gasteiger partial charge on any atom is -0.478 e. The van der Waals surface area contributed by atoms with Gasteiger partial charge in [0.05, 0.1) is 51.9 Å². The van der Waals surface area contributed by atoms with Crippen LogP contribution in [0.1, 0.15) is 64.5 Å². The molecule has 6 aromatic rings. The highest BCUT2D eigenvalue weighted by atomic mass is 32.1. The highest BCUT2D eigenvalue weighted by Crippen LogP contribution is 2.32. The van der Waals surface area contributed by atoms with Gasteiger partial charge in [0.1, 0.15) is 20.7 Å². The van der Waals surface area contributed by atoms with E-state index in [4.69, 9.17) is 50.6 Å². The minimum atomic E-state index is 0.490. The summed E-state index contributed by atoms with van der Waals surface area (Å²) in [7, 11) is 0. The summed E-state index contributed by atoms with van der Waals surface area (Å²) in [4.78, 5) is 20.4. The van der Waals surface area contributed by atoms with Crippen LogP contribution in [-0.2, 0) is 9.47 Å². The van der Waals surface area contributed by atoms with Crippen molar-refractivity contribution in [1.82, 2.24) is 19.9 Å². The number of nitrogens with zero attached hydrogens (tertiary/aromatic N) is 8. The summed E-state index contributed by atoms with van der Waals surface area (Å²) in [5, 5.41) is 14.8. The highest BCUT2D eigenvalue weighted by Gasteiger charge is 2.16. The maximum Gasteiger partial charge on any atom is 0.214 e. The Hall–Kier alpha value is -5.42. The molecule has 0 amide bonds. The van der Waals surface area contributed by atoms with E-state index in [1.54, 1.807) is 12.4 Å². The summed E-state index contributed by atoms with van der Waals surface area (Å²) in [6.07, 6.45) is 7.66. The van der Waals surface area contributed by atoms with Crippen LogP contribution in [0.2, 0.25) is 0 Å². The van der Waals surface area contributed by atoms with Crippen LogP contribution in [0.25, 0.3) is 31.8 Å². The van der Waals surface area contributed by atoms with Gasteiger partial charge in [0, 0.05) is 47.8 Å². The Morgan fingerprint density at radius 3 is 1.45 bits per heavy atom. The first-order valence-corrected chi connectivity index (χ1v) is 21.4. The number of nitrogen functional groups attached to an aromatic ring is 2. The monoisotopic (exact) mass is 824 g/mol. The van der Waals surface area contributed by atoms with Crippen molar-refractivity contribution < 1.29 is 18.9 Å². The second-order valence-electron chi connectivity index (χ2n) is 13.2. The molecule has 0 aliphatic carbocycles. The molecule has 0 saturated carbocycles. The van der Waals surface area contributed by atoms with Gasteiger partial charge in [-0.1, -0.05) is 61.5 Å². The van der Waals surface area contributed by atoms with Gasteiger partial charge in [0.2, 0.25) is 22.0 Å². The van der Waals surface area contributed by atoms with E-state index < -0.39 is 0 Å². The van der Waals surface area contributed by atoms with Crippen LogP contribution in [0.4, 0.5) is 21.6 Å². The Kier molecular flexibility index (Phi) is 15.5. The number of hydrogen-bond acceptors (Lipinski definition) is 16. The zero-order valence-electron chi connectivity index (χ0n) is 33.6. The largest absolute Gasteiger partial charge is 0.478 e.